The molecule has 2 aromatic rings. The van der Waals surface area contributed by atoms with Crippen LogP contribution in [0.3, 0.4) is 0 Å². The summed E-state index contributed by atoms with van der Waals surface area (Å²) in [5, 5.41) is 0. The summed E-state index contributed by atoms with van der Waals surface area (Å²) in [6.07, 6.45) is 0. The first-order valence-corrected chi connectivity index (χ1v) is 7.15. The van der Waals surface area contributed by atoms with Gasteiger partial charge in [0.15, 0.2) is 0 Å². The predicted molar refractivity (Wildman–Crippen MR) is 87.4 cm³/mol. The van der Waals surface area contributed by atoms with Gasteiger partial charge < -0.3 is 15.2 Å². The lowest BCUT2D eigenvalue weighted by atomic mass is 10.2. The number of halogens is 1. The van der Waals surface area contributed by atoms with E-state index in [1.165, 1.54) is 0 Å². The Bertz CT molecular complexity index is 631. The fourth-order valence-electron chi connectivity index (χ4n) is 1.69. The van der Waals surface area contributed by atoms with E-state index in [9.17, 15) is 0 Å². The SMILES string of the molecule is COc1cccc(COc2ccc(C(N)=S)cc2Br)c1. The first-order chi connectivity index (χ1) is 9.60. The Morgan fingerprint density at radius 2 is 2.05 bits per heavy atom. The van der Waals surface area contributed by atoms with Crippen molar-refractivity contribution >= 4 is 33.1 Å². The van der Waals surface area contributed by atoms with Crippen LogP contribution in [-0.2, 0) is 6.61 Å². The Labute approximate surface area is 131 Å². The predicted octanol–water partition coefficient (Wildman–Crippen LogP) is 3.67. The Morgan fingerprint density at radius 3 is 2.70 bits per heavy atom. The third kappa shape index (κ3) is 3.71. The average Bonchev–Trinajstić information content (AvgIpc) is 2.46. The van der Waals surface area contributed by atoms with E-state index in [1.807, 2.05) is 42.5 Å². The lowest BCUT2D eigenvalue weighted by Crippen LogP contribution is -2.09. The van der Waals surface area contributed by atoms with Crippen molar-refractivity contribution in [1.82, 2.24) is 0 Å². The number of methoxy groups -OCH3 is 1. The molecule has 0 saturated heterocycles. The molecule has 3 nitrogen and oxygen atoms in total. The van der Waals surface area contributed by atoms with Crippen molar-refractivity contribution in [3.05, 3.63) is 58.1 Å². The molecule has 104 valence electrons. The highest BCUT2D eigenvalue weighted by molar-refractivity contribution is 9.10. The van der Waals surface area contributed by atoms with E-state index in [2.05, 4.69) is 15.9 Å². The molecular formula is C15H14BrNO2S. The Morgan fingerprint density at radius 1 is 1.25 bits per heavy atom. The van der Waals surface area contributed by atoms with Crippen LogP contribution < -0.4 is 15.2 Å². The van der Waals surface area contributed by atoms with Crippen molar-refractivity contribution in [3.63, 3.8) is 0 Å². The molecule has 0 unspecified atom stereocenters. The molecule has 0 heterocycles. The van der Waals surface area contributed by atoms with Gasteiger partial charge in [0.2, 0.25) is 0 Å². The summed E-state index contributed by atoms with van der Waals surface area (Å²) in [5.74, 6) is 1.56. The van der Waals surface area contributed by atoms with Crippen molar-refractivity contribution in [2.24, 2.45) is 5.73 Å². The van der Waals surface area contributed by atoms with E-state index in [0.29, 0.717) is 11.6 Å². The molecule has 0 aromatic heterocycles. The summed E-state index contributed by atoms with van der Waals surface area (Å²) >= 11 is 8.39. The Kier molecular flexibility index (Phi) is 4.98. The largest absolute Gasteiger partial charge is 0.497 e. The third-order valence-electron chi connectivity index (χ3n) is 2.74. The first kappa shape index (κ1) is 14.8. The van der Waals surface area contributed by atoms with Gasteiger partial charge in [-0.2, -0.15) is 0 Å². The molecule has 5 heteroatoms. The van der Waals surface area contributed by atoms with Crippen LogP contribution in [0.25, 0.3) is 0 Å². The zero-order chi connectivity index (χ0) is 14.5. The molecule has 0 saturated carbocycles. The topological polar surface area (TPSA) is 44.5 Å². The minimum absolute atomic E-state index is 0.366. The van der Waals surface area contributed by atoms with Crippen molar-refractivity contribution in [2.45, 2.75) is 6.61 Å². The number of ether oxygens (including phenoxy) is 2. The van der Waals surface area contributed by atoms with Gasteiger partial charge in [-0.15, -0.1) is 0 Å². The highest BCUT2D eigenvalue weighted by Gasteiger charge is 2.05. The molecule has 0 spiro atoms. The first-order valence-electron chi connectivity index (χ1n) is 5.95. The molecule has 0 aliphatic rings. The molecule has 0 aliphatic heterocycles. The fraction of sp³-hybridized carbons (Fsp3) is 0.133. The van der Waals surface area contributed by atoms with Crippen molar-refractivity contribution in [3.8, 4) is 11.5 Å². The molecule has 2 aromatic carbocycles. The Hall–Kier alpha value is -1.59. The van der Waals surface area contributed by atoms with Gasteiger partial charge in [0.1, 0.15) is 23.1 Å². The number of rotatable bonds is 5. The van der Waals surface area contributed by atoms with Gasteiger partial charge in [0.25, 0.3) is 0 Å². The third-order valence-corrected chi connectivity index (χ3v) is 3.60. The number of benzene rings is 2. The molecule has 0 radical (unpaired) electrons. The summed E-state index contributed by atoms with van der Waals surface area (Å²) in [6, 6.07) is 13.3. The maximum absolute atomic E-state index is 5.77. The van der Waals surface area contributed by atoms with E-state index in [4.69, 9.17) is 27.4 Å². The van der Waals surface area contributed by atoms with E-state index in [0.717, 1.165) is 27.1 Å². The minimum Gasteiger partial charge on any atom is -0.497 e. The molecule has 20 heavy (non-hydrogen) atoms. The minimum atomic E-state index is 0.366. The van der Waals surface area contributed by atoms with E-state index < -0.39 is 0 Å². The fourth-order valence-corrected chi connectivity index (χ4v) is 2.31. The van der Waals surface area contributed by atoms with Crippen LogP contribution in [0.4, 0.5) is 0 Å². The number of hydrogen-bond donors (Lipinski definition) is 1. The maximum atomic E-state index is 5.77. The lowest BCUT2D eigenvalue weighted by molar-refractivity contribution is 0.303. The van der Waals surface area contributed by atoms with E-state index >= 15 is 0 Å². The summed E-state index contributed by atoms with van der Waals surface area (Å²) in [6.45, 7) is 0.461. The number of nitrogens with two attached hydrogens (primary N) is 1. The summed E-state index contributed by atoms with van der Waals surface area (Å²) in [4.78, 5) is 0.366. The van der Waals surface area contributed by atoms with E-state index in [-0.39, 0.29) is 0 Å². The van der Waals surface area contributed by atoms with Crippen molar-refractivity contribution in [2.75, 3.05) is 7.11 Å². The molecule has 0 amide bonds. The van der Waals surface area contributed by atoms with Crippen molar-refractivity contribution in [1.29, 1.82) is 0 Å². The van der Waals surface area contributed by atoms with Crippen molar-refractivity contribution < 1.29 is 9.47 Å². The van der Waals surface area contributed by atoms with Gasteiger partial charge in [-0.05, 0) is 51.8 Å². The molecule has 2 rings (SSSR count). The molecule has 0 fully saturated rings. The maximum Gasteiger partial charge on any atom is 0.134 e. The van der Waals surface area contributed by atoms with Crippen LogP contribution in [0.5, 0.6) is 11.5 Å². The summed E-state index contributed by atoms with van der Waals surface area (Å²) in [7, 11) is 1.64. The second-order valence-electron chi connectivity index (χ2n) is 4.15. The standard InChI is InChI=1S/C15H14BrNO2S/c1-18-12-4-2-3-10(7-12)9-19-14-6-5-11(15(17)20)8-13(14)16/h2-8H,9H2,1H3,(H2,17,20). The van der Waals surface area contributed by atoms with E-state index in [1.54, 1.807) is 7.11 Å². The van der Waals surface area contributed by atoms with Gasteiger partial charge in [-0.3, -0.25) is 0 Å². The summed E-state index contributed by atoms with van der Waals surface area (Å²) in [5.41, 5.74) is 7.43. The van der Waals surface area contributed by atoms with Crippen LogP contribution in [0.1, 0.15) is 11.1 Å². The summed E-state index contributed by atoms with van der Waals surface area (Å²) < 4.78 is 11.8. The van der Waals surface area contributed by atoms with Crippen LogP contribution in [-0.4, -0.2) is 12.1 Å². The monoisotopic (exact) mass is 351 g/mol. The zero-order valence-corrected chi connectivity index (χ0v) is 13.3. The van der Waals surface area contributed by atoms with Crippen LogP contribution in [0.15, 0.2) is 46.9 Å². The normalized spacial score (nSPS) is 10.1. The molecule has 0 aliphatic carbocycles. The number of hydrogen-bond acceptors (Lipinski definition) is 3. The molecule has 0 bridgehead atoms. The lowest BCUT2D eigenvalue weighted by Gasteiger charge is -2.10. The van der Waals surface area contributed by atoms with Gasteiger partial charge in [0.05, 0.1) is 11.6 Å². The Balaban J connectivity index is 2.08. The molecule has 2 N–H and O–H groups in total. The second-order valence-corrected chi connectivity index (χ2v) is 5.44. The van der Waals surface area contributed by atoms with Gasteiger partial charge in [-0.25, -0.2) is 0 Å². The highest BCUT2D eigenvalue weighted by atomic mass is 79.9. The molecule has 0 atom stereocenters. The van der Waals surface area contributed by atoms with Crippen LogP contribution in [0.2, 0.25) is 0 Å². The second kappa shape index (κ2) is 6.72. The van der Waals surface area contributed by atoms with Gasteiger partial charge >= 0.3 is 0 Å². The van der Waals surface area contributed by atoms with Crippen LogP contribution in [0, 0.1) is 0 Å². The average molecular weight is 352 g/mol. The van der Waals surface area contributed by atoms with Crippen LogP contribution >= 0.6 is 28.1 Å². The zero-order valence-electron chi connectivity index (χ0n) is 10.9. The quantitative estimate of drug-likeness (QED) is 0.834. The van der Waals surface area contributed by atoms with Gasteiger partial charge in [-0.1, -0.05) is 24.4 Å². The smallest absolute Gasteiger partial charge is 0.134 e. The van der Waals surface area contributed by atoms with Gasteiger partial charge in [0, 0.05) is 5.56 Å². The molecular weight excluding hydrogens is 338 g/mol. The number of thiocarbonyl (C=S) groups is 1. The highest BCUT2D eigenvalue weighted by Crippen LogP contribution is 2.27.